The van der Waals surface area contributed by atoms with E-state index in [1.165, 1.54) is 66.0 Å². The van der Waals surface area contributed by atoms with Gasteiger partial charge in [-0.2, -0.15) is 0 Å². The zero-order valence-electron chi connectivity index (χ0n) is 29.7. The van der Waals surface area contributed by atoms with Crippen LogP contribution in [0.1, 0.15) is 0 Å². The van der Waals surface area contributed by atoms with Crippen LogP contribution in [0.25, 0.3) is 71.6 Å². The molecule has 0 unspecified atom stereocenters. The molecular weight excluding hydrogens is 653 g/mol. The third-order valence-corrected chi connectivity index (χ3v) is 10.6. The molecule has 0 radical (unpaired) electrons. The molecule has 9 aromatic carbocycles. The van der Waals surface area contributed by atoms with Crippen LogP contribution in [0.2, 0.25) is 0 Å². The Kier molecular flexibility index (Phi) is 7.85. The average molecular weight is 689 g/mol. The van der Waals surface area contributed by atoms with E-state index in [2.05, 4.69) is 228 Å². The highest BCUT2D eigenvalue weighted by molar-refractivity contribution is 6.22. The van der Waals surface area contributed by atoms with Crippen LogP contribution in [0.3, 0.4) is 0 Å². The van der Waals surface area contributed by atoms with E-state index in [1.54, 1.807) is 0 Å². The number of rotatable bonds is 7. The fraction of sp³-hybridized carbons (Fsp3) is 0. The van der Waals surface area contributed by atoms with E-state index < -0.39 is 0 Å². The van der Waals surface area contributed by atoms with Crippen LogP contribution in [0.4, 0.5) is 17.1 Å². The van der Waals surface area contributed by atoms with Gasteiger partial charge in [-0.25, -0.2) is 0 Å². The molecule has 0 aliphatic rings. The third kappa shape index (κ3) is 5.62. The first kappa shape index (κ1) is 31.6. The molecule has 1 heterocycles. The van der Waals surface area contributed by atoms with Crippen molar-refractivity contribution in [3.63, 3.8) is 0 Å². The van der Waals surface area contributed by atoms with E-state index in [0.29, 0.717) is 0 Å². The van der Waals surface area contributed by atoms with Gasteiger partial charge >= 0.3 is 0 Å². The lowest BCUT2D eigenvalue weighted by Crippen LogP contribution is -2.10. The largest absolute Gasteiger partial charge is 0.310 e. The maximum atomic E-state index is 2.42. The lowest BCUT2D eigenvalue weighted by atomic mass is 10.0. The summed E-state index contributed by atoms with van der Waals surface area (Å²) in [4.78, 5) is 2.39. The van der Waals surface area contributed by atoms with Crippen LogP contribution in [0.5, 0.6) is 0 Å². The first-order valence-corrected chi connectivity index (χ1v) is 18.5. The summed E-state index contributed by atoms with van der Waals surface area (Å²) in [7, 11) is 0. The second kappa shape index (κ2) is 13.4. The minimum atomic E-state index is 1.10. The van der Waals surface area contributed by atoms with Gasteiger partial charge in [0.05, 0.1) is 11.0 Å². The molecule has 10 rings (SSSR count). The second-order valence-electron chi connectivity index (χ2n) is 13.8. The number of fused-ring (bicyclic) bond motifs is 5. The van der Waals surface area contributed by atoms with Crippen molar-refractivity contribution in [1.29, 1.82) is 0 Å². The molecule has 0 fully saturated rings. The first-order chi connectivity index (χ1) is 26.8. The molecule has 0 saturated carbocycles. The highest BCUT2D eigenvalue weighted by Gasteiger charge is 2.19. The van der Waals surface area contributed by atoms with E-state index in [0.717, 1.165) is 22.7 Å². The fourth-order valence-corrected chi connectivity index (χ4v) is 7.97. The number of anilines is 3. The Morgan fingerprint density at radius 1 is 0.296 bits per heavy atom. The fourth-order valence-electron chi connectivity index (χ4n) is 7.97. The van der Waals surface area contributed by atoms with Gasteiger partial charge in [-0.1, -0.05) is 158 Å². The molecule has 0 amide bonds. The quantitative estimate of drug-likeness (QED) is 0.162. The lowest BCUT2D eigenvalue weighted by Gasteiger charge is -2.26. The summed E-state index contributed by atoms with van der Waals surface area (Å²) >= 11 is 0. The zero-order chi connectivity index (χ0) is 35.8. The molecular formula is C52H36N2. The Morgan fingerprint density at radius 3 is 1.46 bits per heavy atom. The van der Waals surface area contributed by atoms with Crippen LogP contribution < -0.4 is 4.90 Å². The van der Waals surface area contributed by atoms with E-state index in [4.69, 9.17) is 0 Å². The Morgan fingerprint density at radius 2 is 0.796 bits per heavy atom. The minimum absolute atomic E-state index is 1.10. The molecule has 10 aromatic rings. The number of hydrogen-bond acceptors (Lipinski definition) is 1. The van der Waals surface area contributed by atoms with Crippen molar-refractivity contribution in [2.24, 2.45) is 0 Å². The Hall–Kier alpha value is -7.16. The summed E-state index contributed by atoms with van der Waals surface area (Å²) in [5.74, 6) is 0. The average Bonchev–Trinajstić information content (AvgIpc) is 3.59. The van der Waals surface area contributed by atoms with Crippen LogP contribution >= 0.6 is 0 Å². The Balaban J connectivity index is 1.18. The van der Waals surface area contributed by atoms with Crippen molar-refractivity contribution < 1.29 is 0 Å². The molecule has 0 aliphatic carbocycles. The molecule has 54 heavy (non-hydrogen) atoms. The van der Waals surface area contributed by atoms with Gasteiger partial charge < -0.3 is 9.47 Å². The van der Waals surface area contributed by atoms with E-state index in [-0.39, 0.29) is 0 Å². The highest BCUT2D eigenvalue weighted by Crippen LogP contribution is 2.43. The lowest BCUT2D eigenvalue weighted by molar-refractivity contribution is 1.18. The summed E-state index contributed by atoms with van der Waals surface area (Å²) in [5, 5.41) is 4.96. The molecule has 0 N–H and O–H groups in total. The van der Waals surface area contributed by atoms with Crippen LogP contribution in [0.15, 0.2) is 218 Å². The molecule has 0 aliphatic heterocycles. The van der Waals surface area contributed by atoms with Gasteiger partial charge in [-0.05, 0) is 105 Å². The summed E-state index contributed by atoms with van der Waals surface area (Å²) < 4.78 is 2.42. The van der Waals surface area contributed by atoms with Gasteiger partial charge in [0.2, 0.25) is 0 Å². The van der Waals surface area contributed by atoms with Crippen molar-refractivity contribution in [1.82, 2.24) is 4.57 Å². The minimum Gasteiger partial charge on any atom is -0.310 e. The summed E-state index contributed by atoms with van der Waals surface area (Å²) in [5.41, 5.74) is 14.0. The van der Waals surface area contributed by atoms with Crippen LogP contribution in [-0.4, -0.2) is 4.57 Å². The van der Waals surface area contributed by atoms with Crippen molar-refractivity contribution in [2.45, 2.75) is 0 Å². The Labute approximate surface area is 315 Å². The SMILES string of the molecule is c1ccc(-c2ccc(N(c3cccc(-c4ccccc4)c3)c3ccc4c(c3)c3c5ccccc5ccc3n4-c3ccc(-c4ccccc4)cc3)cc2)cc1. The van der Waals surface area contributed by atoms with Crippen molar-refractivity contribution in [2.75, 3.05) is 4.90 Å². The summed E-state index contributed by atoms with van der Waals surface area (Å²) in [6.07, 6.45) is 0. The maximum absolute atomic E-state index is 2.42. The molecule has 0 saturated heterocycles. The molecule has 0 spiro atoms. The predicted molar refractivity (Wildman–Crippen MR) is 229 cm³/mol. The predicted octanol–water partition coefficient (Wildman–Crippen LogP) is 14.4. The Bertz CT molecular complexity index is 2890. The second-order valence-corrected chi connectivity index (χ2v) is 13.8. The molecule has 0 atom stereocenters. The summed E-state index contributed by atoms with van der Waals surface area (Å²) in [6, 6.07) is 78.9. The van der Waals surface area contributed by atoms with Crippen molar-refractivity contribution in [3.8, 4) is 39.1 Å². The molecule has 1 aromatic heterocycles. The maximum Gasteiger partial charge on any atom is 0.0547 e. The molecule has 2 nitrogen and oxygen atoms in total. The van der Waals surface area contributed by atoms with Gasteiger partial charge in [0, 0.05) is 33.5 Å². The number of benzene rings is 9. The van der Waals surface area contributed by atoms with Crippen LogP contribution in [0, 0.1) is 0 Å². The van der Waals surface area contributed by atoms with Crippen molar-refractivity contribution >= 4 is 49.6 Å². The number of hydrogen-bond donors (Lipinski definition) is 0. The number of nitrogens with zero attached hydrogens (tertiary/aromatic N) is 2. The zero-order valence-corrected chi connectivity index (χ0v) is 29.7. The van der Waals surface area contributed by atoms with Gasteiger partial charge in [0.1, 0.15) is 0 Å². The van der Waals surface area contributed by atoms with Gasteiger partial charge in [0.15, 0.2) is 0 Å². The van der Waals surface area contributed by atoms with Gasteiger partial charge in [-0.15, -0.1) is 0 Å². The molecule has 2 heteroatoms. The third-order valence-electron chi connectivity index (χ3n) is 10.6. The van der Waals surface area contributed by atoms with Gasteiger partial charge in [-0.3, -0.25) is 0 Å². The monoisotopic (exact) mass is 688 g/mol. The highest BCUT2D eigenvalue weighted by atomic mass is 15.1. The first-order valence-electron chi connectivity index (χ1n) is 18.5. The number of aromatic nitrogens is 1. The van der Waals surface area contributed by atoms with Crippen molar-refractivity contribution in [3.05, 3.63) is 218 Å². The van der Waals surface area contributed by atoms with E-state index in [1.807, 2.05) is 0 Å². The standard InChI is InChI=1S/C52H36N2/c1-4-13-37(14-5-1)40-23-28-44(29-24-40)53(46-21-12-20-43(35-46)39-17-8-3-9-18-39)47-32-34-50-49(36-47)52-48-22-11-10-19-42(48)27-33-51(52)54(50)45-30-25-41(26-31-45)38-15-6-2-7-16-38/h1-36H. The summed E-state index contributed by atoms with van der Waals surface area (Å²) in [6.45, 7) is 0. The molecule has 254 valence electrons. The molecule has 0 bridgehead atoms. The van der Waals surface area contributed by atoms with Gasteiger partial charge in [0.25, 0.3) is 0 Å². The van der Waals surface area contributed by atoms with E-state index in [9.17, 15) is 0 Å². The normalized spacial score (nSPS) is 11.3. The van der Waals surface area contributed by atoms with Crippen LogP contribution in [-0.2, 0) is 0 Å². The van der Waals surface area contributed by atoms with E-state index >= 15 is 0 Å². The topological polar surface area (TPSA) is 8.17 Å². The smallest absolute Gasteiger partial charge is 0.0547 e.